The first-order valence-corrected chi connectivity index (χ1v) is 7.75. The molecule has 1 heterocycles. The van der Waals surface area contributed by atoms with Crippen LogP contribution in [0.4, 0.5) is 0 Å². The van der Waals surface area contributed by atoms with E-state index < -0.39 is 0 Å². The molecule has 1 aromatic carbocycles. The van der Waals surface area contributed by atoms with Crippen molar-refractivity contribution in [2.24, 2.45) is 13.0 Å². The van der Waals surface area contributed by atoms with Gasteiger partial charge in [0.25, 0.3) is 0 Å². The van der Waals surface area contributed by atoms with Crippen molar-refractivity contribution in [2.45, 2.75) is 32.1 Å². The molecule has 4 heteroatoms. The van der Waals surface area contributed by atoms with Gasteiger partial charge in [0.05, 0.1) is 21.8 Å². The average molecular weight is 311 g/mol. The highest BCUT2D eigenvalue weighted by molar-refractivity contribution is 6.31. The van der Waals surface area contributed by atoms with Crippen molar-refractivity contribution in [3.63, 3.8) is 0 Å². The van der Waals surface area contributed by atoms with Gasteiger partial charge in [-0.05, 0) is 24.3 Å². The van der Waals surface area contributed by atoms with Crippen LogP contribution in [0.15, 0.2) is 30.3 Å². The van der Waals surface area contributed by atoms with E-state index in [2.05, 4.69) is 31.1 Å². The maximum absolute atomic E-state index is 6.58. The van der Waals surface area contributed by atoms with Gasteiger partial charge in [-0.3, -0.25) is 4.68 Å². The van der Waals surface area contributed by atoms with Gasteiger partial charge < -0.3 is 0 Å². The molecule has 0 bridgehead atoms. The van der Waals surface area contributed by atoms with Gasteiger partial charge in [0.2, 0.25) is 0 Å². The molecule has 2 atom stereocenters. The van der Waals surface area contributed by atoms with Crippen LogP contribution in [0.2, 0.25) is 5.02 Å². The average Bonchev–Trinajstić information content (AvgIpc) is 2.74. The van der Waals surface area contributed by atoms with Crippen LogP contribution in [0.25, 0.3) is 0 Å². The normalized spacial score (nSPS) is 14.2. The number of nitrogens with zero attached hydrogens (tertiary/aromatic N) is 2. The van der Waals surface area contributed by atoms with Crippen LogP contribution in [0.1, 0.15) is 36.2 Å². The van der Waals surface area contributed by atoms with E-state index >= 15 is 0 Å². The highest BCUT2D eigenvalue weighted by Crippen LogP contribution is 2.33. The van der Waals surface area contributed by atoms with Gasteiger partial charge in [0.15, 0.2) is 0 Å². The fourth-order valence-corrected chi connectivity index (χ4v) is 3.02. The lowest BCUT2D eigenvalue weighted by Crippen LogP contribution is -2.10. The number of benzene rings is 1. The minimum Gasteiger partial charge on any atom is -0.271 e. The van der Waals surface area contributed by atoms with Gasteiger partial charge in [-0.2, -0.15) is 5.10 Å². The standard InChI is InChI=1S/C16H20Cl2N2/c1-4-13-16(18)14(20(3)19-13)10-11(2)15(17)12-8-6-5-7-9-12/h5-9,11,15H,4,10H2,1-3H3. The molecule has 2 aromatic rings. The Morgan fingerprint density at radius 2 is 1.90 bits per heavy atom. The molecule has 0 aliphatic heterocycles. The van der Waals surface area contributed by atoms with E-state index in [0.29, 0.717) is 0 Å². The monoisotopic (exact) mass is 310 g/mol. The zero-order valence-electron chi connectivity index (χ0n) is 12.1. The minimum absolute atomic E-state index is 0.0211. The van der Waals surface area contributed by atoms with Crippen LogP contribution in [-0.2, 0) is 19.9 Å². The van der Waals surface area contributed by atoms with Gasteiger partial charge in [-0.25, -0.2) is 0 Å². The van der Waals surface area contributed by atoms with E-state index in [1.165, 1.54) is 0 Å². The van der Waals surface area contributed by atoms with Gasteiger partial charge in [0, 0.05) is 7.05 Å². The van der Waals surface area contributed by atoms with Crippen LogP contribution >= 0.6 is 23.2 Å². The molecule has 1 aromatic heterocycles. The van der Waals surface area contributed by atoms with Gasteiger partial charge in [-0.1, -0.05) is 55.8 Å². The predicted octanol–water partition coefficient (Wildman–Crippen LogP) is 4.79. The maximum Gasteiger partial charge on any atom is 0.0849 e. The highest BCUT2D eigenvalue weighted by Gasteiger charge is 2.21. The molecule has 0 aliphatic carbocycles. The molecule has 0 saturated heterocycles. The highest BCUT2D eigenvalue weighted by atomic mass is 35.5. The molecule has 0 radical (unpaired) electrons. The summed E-state index contributed by atoms with van der Waals surface area (Å²) in [6.07, 6.45) is 1.68. The van der Waals surface area contributed by atoms with Gasteiger partial charge >= 0.3 is 0 Å². The molecule has 0 fully saturated rings. The summed E-state index contributed by atoms with van der Waals surface area (Å²) in [5.74, 6) is 0.289. The summed E-state index contributed by atoms with van der Waals surface area (Å²) in [5, 5.41) is 5.22. The zero-order valence-corrected chi connectivity index (χ0v) is 13.6. The van der Waals surface area contributed by atoms with Crippen molar-refractivity contribution >= 4 is 23.2 Å². The van der Waals surface area contributed by atoms with Gasteiger partial charge in [-0.15, -0.1) is 11.6 Å². The molecule has 20 heavy (non-hydrogen) atoms. The number of rotatable bonds is 5. The first-order valence-electron chi connectivity index (χ1n) is 6.93. The second-order valence-corrected chi connectivity index (χ2v) is 6.03. The number of alkyl halides is 1. The van der Waals surface area contributed by atoms with Crippen molar-refractivity contribution in [3.8, 4) is 0 Å². The largest absolute Gasteiger partial charge is 0.271 e. The first-order chi connectivity index (χ1) is 9.54. The summed E-state index contributed by atoms with van der Waals surface area (Å²) < 4.78 is 1.88. The minimum atomic E-state index is -0.0211. The number of aryl methyl sites for hydroxylation is 2. The third-order valence-corrected chi connectivity index (χ3v) is 4.75. The fourth-order valence-electron chi connectivity index (χ4n) is 2.42. The summed E-state index contributed by atoms with van der Waals surface area (Å²) in [6, 6.07) is 10.2. The molecule has 2 nitrogen and oxygen atoms in total. The summed E-state index contributed by atoms with van der Waals surface area (Å²) in [5.41, 5.74) is 3.18. The quantitative estimate of drug-likeness (QED) is 0.726. The predicted molar refractivity (Wildman–Crippen MR) is 85.5 cm³/mol. The van der Waals surface area contributed by atoms with Crippen molar-refractivity contribution in [1.29, 1.82) is 0 Å². The fraction of sp³-hybridized carbons (Fsp3) is 0.438. The molecule has 0 amide bonds. The topological polar surface area (TPSA) is 17.8 Å². The second kappa shape index (κ2) is 6.64. The van der Waals surface area contributed by atoms with E-state index in [1.807, 2.05) is 29.9 Å². The Labute approximate surface area is 130 Å². The van der Waals surface area contributed by atoms with Crippen molar-refractivity contribution in [2.75, 3.05) is 0 Å². The smallest absolute Gasteiger partial charge is 0.0849 e. The molecule has 2 rings (SSSR count). The summed E-state index contributed by atoms with van der Waals surface area (Å²) >= 11 is 13.0. The number of hydrogen-bond acceptors (Lipinski definition) is 1. The first kappa shape index (κ1) is 15.4. The van der Waals surface area contributed by atoms with E-state index in [-0.39, 0.29) is 11.3 Å². The SMILES string of the molecule is CCc1nn(C)c(CC(C)C(Cl)c2ccccc2)c1Cl. The lowest BCUT2D eigenvalue weighted by atomic mass is 9.96. The Hall–Kier alpha value is -0.990. The molecule has 0 spiro atoms. The van der Waals surface area contributed by atoms with E-state index in [1.54, 1.807) is 0 Å². The van der Waals surface area contributed by atoms with E-state index in [9.17, 15) is 0 Å². The number of aromatic nitrogens is 2. The van der Waals surface area contributed by atoms with Crippen molar-refractivity contribution in [1.82, 2.24) is 9.78 Å². The second-order valence-electron chi connectivity index (χ2n) is 5.18. The van der Waals surface area contributed by atoms with Crippen molar-refractivity contribution in [3.05, 3.63) is 52.3 Å². The van der Waals surface area contributed by atoms with Crippen LogP contribution in [0.3, 0.4) is 0 Å². The molecule has 0 N–H and O–H groups in total. The molecular formula is C16H20Cl2N2. The Bertz CT molecular complexity index is 563. The lowest BCUT2D eigenvalue weighted by molar-refractivity contribution is 0.531. The van der Waals surface area contributed by atoms with Crippen LogP contribution in [0.5, 0.6) is 0 Å². The Morgan fingerprint density at radius 1 is 1.25 bits per heavy atom. The number of halogens is 2. The van der Waals surface area contributed by atoms with Crippen LogP contribution < -0.4 is 0 Å². The third-order valence-electron chi connectivity index (χ3n) is 3.64. The molecule has 0 aliphatic rings. The molecule has 2 unspecified atom stereocenters. The summed E-state index contributed by atoms with van der Waals surface area (Å²) in [6.45, 7) is 4.22. The zero-order chi connectivity index (χ0) is 14.7. The summed E-state index contributed by atoms with van der Waals surface area (Å²) in [7, 11) is 1.94. The van der Waals surface area contributed by atoms with E-state index in [0.717, 1.165) is 34.8 Å². The third kappa shape index (κ3) is 3.18. The Morgan fingerprint density at radius 3 is 2.45 bits per heavy atom. The maximum atomic E-state index is 6.58. The summed E-state index contributed by atoms with van der Waals surface area (Å²) in [4.78, 5) is 0. The molecular weight excluding hydrogens is 291 g/mol. The number of hydrogen-bond donors (Lipinski definition) is 0. The molecule has 108 valence electrons. The van der Waals surface area contributed by atoms with Crippen LogP contribution in [-0.4, -0.2) is 9.78 Å². The van der Waals surface area contributed by atoms with Crippen LogP contribution in [0, 0.1) is 5.92 Å². The Balaban J connectivity index is 2.16. The van der Waals surface area contributed by atoms with Crippen molar-refractivity contribution < 1.29 is 0 Å². The lowest BCUT2D eigenvalue weighted by Gasteiger charge is -2.18. The van der Waals surface area contributed by atoms with E-state index in [4.69, 9.17) is 23.2 Å². The van der Waals surface area contributed by atoms with Gasteiger partial charge in [0.1, 0.15) is 0 Å². The molecule has 0 saturated carbocycles. The Kier molecular flexibility index (Phi) is 5.11.